The smallest absolute Gasteiger partial charge is 0.250 e. The molecule has 0 aliphatic heterocycles. The van der Waals surface area contributed by atoms with Crippen LogP contribution in [0.5, 0.6) is 0 Å². The monoisotopic (exact) mass is 242 g/mol. The first kappa shape index (κ1) is 14.5. The summed E-state index contributed by atoms with van der Waals surface area (Å²) in [6, 6.07) is 0.292. The summed E-state index contributed by atoms with van der Waals surface area (Å²) in [5.74, 6) is 1.13. The maximum absolute atomic E-state index is 11.9. The maximum atomic E-state index is 11.9. The third-order valence-corrected chi connectivity index (χ3v) is 3.79. The summed E-state index contributed by atoms with van der Waals surface area (Å²) < 4.78 is 5.06. The Morgan fingerprint density at radius 1 is 1.41 bits per heavy atom. The van der Waals surface area contributed by atoms with Crippen molar-refractivity contribution in [3.05, 3.63) is 0 Å². The SMILES string of the molecule is COC(CN)C(=O)NC1CCCCC1C(C)C. The van der Waals surface area contributed by atoms with Crippen molar-refractivity contribution in [2.45, 2.75) is 51.7 Å². The van der Waals surface area contributed by atoms with E-state index in [-0.39, 0.29) is 12.5 Å². The molecule has 1 fully saturated rings. The largest absolute Gasteiger partial charge is 0.370 e. The zero-order valence-electron chi connectivity index (χ0n) is 11.2. The molecule has 0 aromatic heterocycles. The highest BCUT2D eigenvalue weighted by Crippen LogP contribution is 2.30. The van der Waals surface area contributed by atoms with E-state index >= 15 is 0 Å². The molecule has 100 valence electrons. The highest BCUT2D eigenvalue weighted by atomic mass is 16.5. The second-order valence-electron chi connectivity index (χ2n) is 5.27. The van der Waals surface area contributed by atoms with Crippen LogP contribution in [0.4, 0.5) is 0 Å². The van der Waals surface area contributed by atoms with Crippen molar-refractivity contribution in [1.29, 1.82) is 0 Å². The molecule has 0 aromatic rings. The number of nitrogens with one attached hydrogen (secondary N) is 1. The first-order valence-corrected chi connectivity index (χ1v) is 6.63. The number of hydrogen-bond donors (Lipinski definition) is 2. The van der Waals surface area contributed by atoms with Crippen LogP contribution in [-0.4, -0.2) is 31.7 Å². The highest BCUT2D eigenvalue weighted by molar-refractivity contribution is 5.81. The fourth-order valence-corrected chi connectivity index (χ4v) is 2.72. The first-order chi connectivity index (χ1) is 8.10. The Kier molecular flexibility index (Phi) is 5.92. The van der Waals surface area contributed by atoms with E-state index in [0.717, 1.165) is 6.42 Å². The van der Waals surface area contributed by atoms with Crippen molar-refractivity contribution in [3.63, 3.8) is 0 Å². The van der Waals surface area contributed by atoms with Crippen molar-refractivity contribution in [1.82, 2.24) is 5.32 Å². The fourth-order valence-electron chi connectivity index (χ4n) is 2.72. The van der Waals surface area contributed by atoms with Gasteiger partial charge in [-0.15, -0.1) is 0 Å². The summed E-state index contributed by atoms with van der Waals surface area (Å²) in [5, 5.41) is 3.11. The van der Waals surface area contributed by atoms with Crippen molar-refractivity contribution >= 4 is 5.91 Å². The summed E-state index contributed by atoms with van der Waals surface area (Å²) in [7, 11) is 1.53. The molecule has 17 heavy (non-hydrogen) atoms. The van der Waals surface area contributed by atoms with E-state index in [1.807, 2.05) is 0 Å². The van der Waals surface area contributed by atoms with Gasteiger partial charge in [0.15, 0.2) is 0 Å². The minimum Gasteiger partial charge on any atom is -0.370 e. The molecule has 4 heteroatoms. The highest BCUT2D eigenvalue weighted by Gasteiger charge is 2.30. The Morgan fingerprint density at radius 3 is 2.59 bits per heavy atom. The normalized spacial score (nSPS) is 26.9. The molecule has 1 saturated carbocycles. The summed E-state index contributed by atoms with van der Waals surface area (Å²) in [6.45, 7) is 4.69. The van der Waals surface area contributed by atoms with Crippen molar-refractivity contribution in [2.75, 3.05) is 13.7 Å². The standard InChI is InChI=1S/C13H26N2O2/c1-9(2)10-6-4-5-7-11(10)15-13(16)12(8-14)17-3/h9-12H,4-8,14H2,1-3H3,(H,15,16). The number of methoxy groups -OCH3 is 1. The number of amides is 1. The van der Waals surface area contributed by atoms with Gasteiger partial charge in [0.2, 0.25) is 0 Å². The Hall–Kier alpha value is -0.610. The van der Waals surface area contributed by atoms with Crippen LogP contribution in [0.1, 0.15) is 39.5 Å². The molecule has 1 aliphatic rings. The molecule has 0 saturated heterocycles. The third kappa shape index (κ3) is 3.96. The number of rotatable bonds is 5. The number of carbonyl (C=O) groups excluding carboxylic acids is 1. The van der Waals surface area contributed by atoms with Crippen molar-refractivity contribution in [2.24, 2.45) is 17.6 Å². The molecule has 0 heterocycles. The van der Waals surface area contributed by atoms with Gasteiger partial charge >= 0.3 is 0 Å². The van der Waals surface area contributed by atoms with Crippen LogP contribution in [0, 0.1) is 11.8 Å². The van der Waals surface area contributed by atoms with Crippen LogP contribution in [0.25, 0.3) is 0 Å². The lowest BCUT2D eigenvalue weighted by atomic mass is 9.78. The van der Waals surface area contributed by atoms with Gasteiger partial charge in [-0.25, -0.2) is 0 Å². The van der Waals surface area contributed by atoms with E-state index in [9.17, 15) is 4.79 Å². The summed E-state index contributed by atoms with van der Waals surface area (Å²) in [5.41, 5.74) is 5.50. The maximum Gasteiger partial charge on any atom is 0.250 e. The van der Waals surface area contributed by atoms with Crippen molar-refractivity contribution < 1.29 is 9.53 Å². The van der Waals surface area contributed by atoms with Crippen LogP contribution in [-0.2, 0) is 9.53 Å². The van der Waals surface area contributed by atoms with Crippen LogP contribution in [0.3, 0.4) is 0 Å². The van der Waals surface area contributed by atoms with E-state index in [1.54, 1.807) is 0 Å². The number of hydrogen-bond acceptors (Lipinski definition) is 3. The summed E-state index contributed by atoms with van der Waals surface area (Å²) >= 11 is 0. The fraction of sp³-hybridized carbons (Fsp3) is 0.923. The van der Waals surface area contributed by atoms with Crippen LogP contribution < -0.4 is 11.1 Å². The van der Waals surface area contributed by atoms with Crippen LogP contribution >= 0.6 is 0 Å². The van der Waals surface area contributed by atoms with Gasteiger partial charge in [-0.2, -0.15) is 0 Å². The van der Waals surface area contributed by atoms with Gasteiger partial charge in [0.25, 0.3) is 5.91 Å². The molecule has 3 N–H and O–H groups in total. The lowest BCUT2D eigenvalue weighted by Gasteiger charge is -2.35. The molecular weight excluding hydrogens is 216 g/mol. The molecule has 0 aromatic carbocycles. The van der Waals surface area contributed by atoms with E-state index < -0.39 is 6.10 Å². The average Bonchev–Trinajstić information content (AvgIpc) is 2.31. The second kappa shape index (κ2) is 6.97. The Morgan fingerprint density at radius 2 is 2.06 bits per heavy atom. The van der Waals surface area contributed by atoms with E-state index in [0.29, 0.717) is 17.9 Å². The molecule has 1 amide bonds. The van der Waals surface area contributed by atoms with Gasteiger partial charge in [-0.05, 0) is 24.7 Å². The van der Waals surface area contributed by atoms with E-state index in [1.165, 1.54) is 26.4 Å². The molecule has 4 nitrogen and oxygen atoms in total. The predicted molar refractivity (Wildman–Crippen MR) is 68.6 cm³/mol. The lowest BCUT2D eigenvalue weighted by Crippen LogP contribution is -2.49. The molecule has 0 bridgehead atoms. The first-order valence-electron chi connectivity index (χ1n) is 6.63. The van der Waals surface area contributed by atoms with Gasteiger partial charge in [0.1, 0.15) is 6.10 Å². The minimum absolute atomic E-state index is 0.0625. The van der Waals surface area contributed by atoms with E-state index in [2.05, 4.69) is 19.2 Å². The third-order valence-electron chi connectivity index (χ3n) is 3.79. The zero-order valence-corrected chi connectivity index (χ0v) is 11.2. The van der Waals surface area contributed by atoms with Gasteiger partial charge in [-0.3, -0.25) is 4.79 Å². The zero-order chi connectivity index (χ0) is 12.8. The van der Waals surface area contributed by atoms with Crippen LogP contribution in [0.2, 0.25) is 0 Å². The van der Waals surface area contributed by atoms with Gasteiger partial charge in [0.05, 0.1) is 0 Å². The minimum atomic E-state index is -0.510. The topological polar surface area (TPSA) is 64.3 Å². The number of ether oxygens (including phenoxy) is 1. The number of carbonyl (C=O) groups is 1. The molecule has 3 atom stereocenters. The molecular formula is C13H26N2O2. The Balaban J connectivity index is 2.55. The molecule has 1 aliphatic carbocycles. The van der Waals surface area contributed by atoms with Gasteiger partial charge in [0, 0.05) is 19.7 Å². The summed E-state index contributed by atoms with van der Waals surface area (Å²) in [6.07, 6.45) is 4.26. The molecule has 0 spiro atoms. The Labute approximate surface area is 104 Å². The number of nitrogens with two attached hydrogens (primary N) is 1. The Bertz CT molecular complexity index is 240. The van der Waals surface area contributed by atoms with Crippen molar-refractivity contribution in [3.8, 4) is 0 Å². The quantitative estimate of drug-likeness (QED) is 0.763. The van der Waals surface area contributed by atoms with Gasteiger partial charge < -0.3 is 15.8 Å². The van der Waals surface area contributed by atoms with Crippen LogP contribution in [0.15, 0.2) is 0 Å². The summed E-state index contributed by atoms with van der Waals surface area (Å²) in [4.78, 5) is 11.9. The van der Waals surface area contributed by atoms with Gasteiger partial charge in [-0.1, -0.05) is 26.7 Å². The lowest BCUT2D eigenvalue weighted by molar-refractivity contribution is -0.132. The van der Waals surface area contributed by atoms with E-state index in [4.69, 9.17) is 10.5 Å². The molecule has 1 rings (SSSR count). The molecule has 0 radical (unpaired) electrons. The predicted octanol–water partition coefficient (Wildman–Crippen LogP) is 1.29. The second-order valence-corrected chi connectivity index (χ2v) is 5.27. The average molecular weight is 242 g/mol. The molecule has 3 unspecified atom stereocenters.